The van der Waals surface area contributed by atoms with Crippen LogP contribution in [0.25, 0.3) is 5.82 Å². The summed E-state index contributed by atoms with van der Waals surface area (Å²) in [4.78, 5) is 7.62. The van der Waals surface area contributed by atoms with Gasteiger partial charge in [-0.1, -0.05) is 0 Å². The minimum absolute atomic E-state index is 0.148. The highest BCUT2D eigenvalue weighted by Gasteiger charge is 2.34. The molecular weight excluding hydrogens is 219 g/mol. The van der Waals surface area contributed by atoms with E-state index in [0.29, 0.717) is 5.82 Å². The number of aromatic nitrogens is 3. The number of halogens is 3. The fraction of sp³-hybridized carbons (Fsp3) is 0.200. The normalized spacial score (nSPS) is 11.8. The van der Waals surface area contributed by atoms with E-state index in [-0.39, 0.29) is 5.82 Å². The van der Waals surface area contributed by atoms with Gasteiger partial charge in [-0.05, 0) is 19.1 Å². The van der Waals surface area contributed by atoms with Crippen molar-refractivity contribution in [3.8, 4) is 5.82 Å². The van der Waals surface area contributed by atoms with Crippen LogP contribution in [-0.2, 0) is 6.18 Å². The number of nitrogens with zero attached hydrogens (tertiary/aromatic N) is 3. The minimum Gasteiger partial charge on any atom is -0.288 e. The summed E-state index contributed by atoms with van der Waals surface area (Å²) >= 11 is 0. The molecule has 6 heteroatoms. The Labute approximate surface area is 89.6 Å². The van der Waals surface area contributed by atoms with Crippen LogP contribution in [0.2, 0.25) is 0 Å². The molecule has 0 aliphatic carbocycles. The van der Waals surface area contributed by atoms with Crippen molar-refractivity contribution in [1.29, 1.82) is 0 Å². The molecule has 2 rings (SSSR count). The average molecular weight is 227 g/mol. The lowest BCUT2D eigenvalue weighted by molar-refractivity contribution is -0.137. The van der Waals surface area contributed by atoms with Gasteiger partial charge in [0.05, 0.1) is 5.56 Å². The molecule has 0 radical (unpaired) electrons. The second kappa shape index (κ2) is 3.62. The standard InChI is InChI=1S/C10H8F3N3/c1-7-14-5-6-16(7)9-8(10(11,12)13)3-2-4-15-9/h2-6H,1H3. The van der Waals surface area contributed by atoms with Crippen LogP contribution in [0, 0.1) is 6.92 Å². The highest BCUT2D eigenvalue weighted by atomic mass is 19.4. The number of aryl methyl sites for hydroxylation is 1. The molecule has 2 aromatic heterocycles. The van der Waals surface area contributed by atoms with Crippen LogP contribution in [0.5, 0.6) is 0 Å². The Morgan fingerprint density at radius 3 is 2.50 bits per heavy atom. The fourth-order valence-corrected chi connectivity index (χ4v) is 1.41. The molecular formula is C10H8F3N3. The van der Waals surface area contributed by atoms with Gasteiger partial charge in [0.15, 0.2) is 0 Å². The van der Waals surface area contributed by atoms with Crippen LogP contribution >= 0.6 is 0 Å². The van der Waals surface area contributed by atoms with E-state index in [9.17, 15) is 13.2 Å². The summed E-state index contributed by atoms with van der Waals surface area (Å²) in [5.41, 5.74) is -0.767. The molecule has 0 amide bonds. The van der Waals surface area contributed by atoms with Crippen LogP contribution in [0.15, 0.2) is 30.7 Å². The topological polar surface area (TPSA) is 30.7 Å². The molecule has 84 valence electrons. The number of hydrogen-bond donors (Lipinski definition) is 0. The predicted molar refractivity (Wildman–Crippen MR) is 51.1 cm³/mol. The quantitative estimate of drug-likeness (QED) is 0.749. The SMILES string of the molecule is Cc1nccn1-c1ncccc1C(F)(F)F. The zero-order valence-corrected chi connectivity index (χ0v) is 8.36. The Kier molecular flexibility index (Phi) is 2.41. The average Bonchev–Trinajstić information content (AvgIpc) is 2.63. The smallest absolute Gasteiger partial charge is 0.288 e. The minimum atomic E-state index is -4.42. The molecule has 0 aliphatic rings. The van der Waals surface area contributed by atoms with E-state index in [1.807, 2.05) is 0 Å². The second-order valence-electron chi connectivity index (χ2n) is 3.22. The van der Waals surface area contributed by atoms with Crippen LogP contribution in [0.1, 0.15) is 11.4 Å². The Hall–Kier alpha value is -1.85. The van der Waals surface area contributed by atoms with Crippen LogP contribution in [-0.4, -0.2) is 14.5 Å². The predicted octanol–water partition coefficient (Wildman–Crippen LogP) is 2.59. The van der Waals surface area contributed by atoms with Gasteiger partial charge < -0.3 is 0 Å². The Morgan fingerprint density at radius 1 is 1.19 bits per heavy atom. The third kappa shape index (κ3) is 1.78. The van der Waals surface area contributed by atoms with Crippen molar-refractivity contribution in [2.24, 2.45) is 0 Å². The lowest BCUT2D eigenvalue weighted by atomic mass is 10.2. The summed E-state index contributed by atoms with van der Waals surface area (Å²) in [5, 5.41) is 0. The Bertz CT molecular complexity index is 502. The molecule has 0 N–H and O–H groups in total. The van der Waals surface area contributed by atoms with E-state index >= 15 is 0 Å². The van der Waals surface area contributed by atoms with E-state index in [1.54, 1.807) is 6.92 Å². The van der Waals surface area contributed by atoms with Crippen LogP contribution in [0.4, 0.5) is 13.2 Å². The largest absolute Gasteiger partial charge is 0.419 e. The molecule has 0 saturated heterocycles. The van der Waals surface area contributed by atoms with E-state index in [2.05, 4.69) is 9.97 Å². The summed E-state index contributed by atoms with van der Waals surface area (Å²) < 4.78 is 39.4. The summed E-state index contributed by atoms with van der Waals surface area (Å²) in [5.74, 6) is 0.314. The molecule has 3 nitrogen and oxygen atoms in total. The van der Waals surface area contributed by atoms with Gasteiger partial charge in [-0.3, -0.25) is 4.57 Å². The third-order valence-corrected chi connectivity index (χ3v) is 2.15. The van der Waals surface area contributed by atoms with Gasteiger partial charge >= 0.3 is 6.18 Å². The lowest BCUT2D eigenvalue weighted by Gasteiger charge is -2.12. The molecule has 0 atom stereocenters. The summed E-state index contributed by atoms with van der Waals surface area (Å²) in [6.45, 7) is 1.62. The molecule has 0 spiro atoms. The highest BCUT2D eigenvalue weighted by Crippen LogP contribution is 2.32. The first-order valence-electron chi connectivity index (χ1n) is 4.52. The summed E-state index contributed by atoms with van der Waals surface area (Å²) in [6.07, 6.45) is -0.207. The highest BCUT2D eigenvalue weighted by molar-refractivity contribution is 5.36. The van der Waals surface area contributed by atoms with Gasteiger partial charge in [0.1, 0.15) is 11.6 Å². The van der Waals surface area contributed by atoms with Gasteiger partial charge in [-0.2, -0.15) is 13.2 Å². The lowest BCUT2D eigenvalue weighted by Crippen LogP contribution is -2.12. The Balaban J connectivity index is 2.62. The van der Waals surface area contributed by atoms with E-state index in [0.717, 1.165) is 6.07 Å². The van der Waals surface area contributed by atoms with Crippen molar-refractivity contribution in [3.05, 3.63) is 42.1 Å². The van der Waals surface area contributed by atoms with Crippen molar-refractivity contribution in [2.75, 3.05) is 0 Å². The van der Waals surface area contributed by atoms with E-state index < -0.39 is 11.7 Å². The van der Waals surface area contributed by atoms with Gasteiger partial charge in [-0.15, -0.1) is 0 Å². The first-order chi connectivity index (χ1) is 7.50. The second-order valence-corrected chi connectivity index (χ2v) is 3.22. The fourth-order valence-electron chi connectivity index (χ4n) is 1.41. The molecule has 0 fully saturated rings. The van der Waals surface area contributed by atoms with Crippen molar-refractivity contribution in [3.63, 3.8) is 0 Å². The maximum Gasteiger partial charge on any atom is 0.419 e. The van der Waals surface area contributed by atoms with Gasteiger partial charge in [0.25, 0.3) is 0 Å². The molecule has 0 aromatic carbocycles. The number of alkyl halides is 3. The molecule has 0 saturated carbocycles. The first kappa shape index (κ1) is 10.7. The van der Waals surface area contributed by atoms with Crippen molar-refractivity contribution in [2.45, 2.75) is 13.1 Å². The van der Waals surface area contributed by atoms with E-state index in [4.69, 9.17) is 0 Å². The zero-order chi connectivity index (χ0) is 11.8. The first-order valence-corrected chi connectivity index (χ1v) is 4.52. The van der Waals surface area contributed by atoms with Gasteiger partial charge in [0, 0.05) is 18.6 Å². The number of pyridine rings is 1. The summed E-state index contributed by atoms with van der Waals surface area (Å²) in [6, 6.07) is 2.26. The van der Waals surface area contributed by atoms with Crippen LogP contribution in [0.3, 0.4) is 0 Å². The number of rotatable bonds is 1. The van der Waals surface area contributed by atoms with Crippen molar-refractivity contribution in [1.82, 2.24) is 14.5 Å². The van der Waals surface area contributed by atoms with Gasteiger partial charge in [0.2, 0.25) is 0 Å². The molecule has 2 heterocycles. The third-order valence-electron chi connectivity index (χ3n) is 2.15. The van der Waals surface area contributed by atoms with Crippen molar-refractivity contribution < 1.29 is 13.2 Å². The maximum atomic E-state index is 12.7. The maximum absolute atomic E-state index is 12.7. The molecule has 16 heavy (non-hydrogen) atoms. The van der Waals surface area contributed by atoms with Crippen LogP contribution < -0.4 is 0 Å². The number of imidazole rings is 1. The Morgan fingerprint density at radius 2 is 1.94 bits per heavy atom. The van der Waals surface area contributed by atoms with Gasteiger partial charge in [-0.25, -0.2) is 9.97 Å². The molecule has 2 aromatic rings. The molecule has 0 unspecified atom stereocenters. The van der Waals surface area contributed by atoms with E-state index in [1.165, 1.54) is 29.2 Å². The molecule has 0 aliphatic heterocycles. The molecule has 0 bridgehead atoms. The van der Waals surface area contributed by atoms with Crippen molar-refractivity contribution >= 4 is 0 Å². The monoisotopic (exact) mass is 227 g/mol. The number of hydrogen-bond acceptors (Lipinski definition) is 2. The zero-order valence-electron chi connectivity index (χ0n) is 8.36. The summed E-state index contributed by atoms with van der Waals surface area (Å²) in [7, 11) is 0.